The van der Waals surface area contributed by atoms with Gasteiger partial charge in [0.2, 0.25) is 0 Å². The fourth-order valence-corrected chi connectivity index (χ4v) is 2.42. The number of hydrogen-bond donors (Lipinski definition) is 0. The lowest BCUT2D eigenvalue weighted by molar-refractivity contribution is 0.275. The molecule has 1 aromatic carbocycles. The van der Waals surface area contributed by atoms with Crippen molar-refractivity contribution < 1.29 is 0 Å². The van der Waals surface area contributed by atoms with Crippen molar-refractivity contribution in [2.75, 3.05) is 13.1 Å². The summed E-state index contributed by atoms with van der Waals surface area (Å²) in [4.78, 5) is 6.90. The van der Waals surface area contributed by atoms with Gasteiger partial charge in [0.05, 0.1) is 5.52 Å². The SMILES string of the molecule is CCCCN(CC)Cc1cc2ccccc2nc1Cl. The molecule has 0 spiro atoms. The highest BCUT2D eigenvalue weighted by atomic mass is 35.5. The first-order valence-electron chi connectivity index (χ1n) is 7.01. The third kappa shape index (κ3) is 3.68. The molecule has 0 fully saturated rings. The van der Waals surface area contributed by atoms with Crippen LogP contribution in [-0.2, 0) is 6.54 Å². The van der Waals surface area contributed by atoms with Gasteiger partial charge in [-0.05, 0) is 31.6 Å². The van der Waals surface area contributed by atoms with Gasteiger partial charge in [0.15, 0.2) is 0 Å². The van der Waals surface area contributed by atoms with Gasteiger partial charge in [0.25, 0.3) is 0 Å². The molecule has 1 aromatic heterocycles. The Hall–Kier alpha value is -1.12. The predicted molar refractivity (Wildman–Crippen MR) is 82.6 cm³/mol. The number of rotatable bonds is 6. The number of pyridine rings is 1. The Bertz CT molecular complexity index is 539. The molecule has 102 valence electrons. The number of aromatic nitrogens is 1. The highest BCUT2D eigenvalue weighted by Gasteiger charge is 2.09. The molecule has 0 unspecified atom stereocenters. The number of unbranched alkanes of at least 4 members (excludes halogenated alkanes) is 1. The molecule has 0 saturated carbocycles. The number of benzene rings is 1. The van der Waals surface area contributed by atoms with Crippen LogP contribution >= 0.6 is 11.6 Å². The maximum absolute atomic E-state index is 6.30. The van der Waals surface area contributed by atoms with Gasteiger partial charge >= 0.3 is 0 Å². The summed E-state index contributed by atoms with van der Waals surface area (Å²) in [5.41, 5.74) is 2.09. The zero-order valence-corrected chi connectivity index (χ0v) is 12.5. The van der Waals surface area contributed by atoms with Crippen LogP contribution in [0.1, 0.15) is 32.3 Å². The van der Waals surface area contributed by atoms with E-state index in [2.05, 4.69) is 35.9 Å². The maximum atomic E-state index is 6.30. The van der Waals surface area contributed by atoms with E-state index in [0.29, 0.717) is 5.15 Å². The van der Waals surface area contributed by atoms with E-state index in [0.717, 1.165) is 36.1 Å². The van der Waals surface area contributed by atoms with Crippen LogP contribution in [0.15, 0.2) is 30.3 Å². The molecular formula is C16H21ClN2. The number of para-hydroxylation sites is 1. The van der Waals surface area contributed by atoms with Crippen molar-refractivity contribution in [3.05, 3.63) is 41.0 Å². The minimum absolute atomic E-state index is 0.633. The Morgan fingerprint density at radius 2 is 2.00 bits per heavy atom. The summed E-state index contributed by atoms with van der Waals surface area (Å²) in [6.07, 6.45) is 2.45. The molecule has 0 saturated heterocycles. The van der Waals surface area contributed by atoms with E-state index in [-0.39, 0.29) is 0 Å². The van der Waals surface area contributed by atoms with Gasteiger partial charge in [-0.2, -0.15) is 0 Å². The molecule has 0 aliphatic carbocycles. The molecule has 0 N–H and O–H groups in total. The van der Waals surface area contributed by atoms with Crippen molar-refractivity contribution in [3.63, 3.8) is 0 Å². The van der Waals surface area contributed by atoms with Crippen molar-refractivity contribution in [1.29, 1.82) is 0 Å². The highest BCUT2D eigenvalue weighted by Crippen LogP contribution is 2.21. The van der Waals surface area contributed by atoms with Gasteiger partial charge in [-0.15, -0.1) is 0 Å². The van der Waals surface area contributed by atoms with E-state index in [1.807, 2.05) is 18.2 Å². The highest BCUT2D eigenvalue weighted by molar-refractivity contribution is 6.30. The van der Waals surface area contributed by atoms with Crippen LogP contribution < -0.4 is 0 Å². The largest absolute Gasteiger partial charge is 0.299 e. The standard InChI is InChI=1S/C16H21ClN2/c1-3-5-10-19(4-2)12-14-11-13-8-6-7-9-15(13)18-16(14)17/h6-9,11H,3-5,10,12H2,1-2H3. The fourth-order valence-electron chi connectivity index (χ4n) is 2.22. The zero-order valence-electron chi connectivity index (χ0n) is 11.7. The van der Waals surface area contributed by atoms with Crippen LogP contribution in [0.4, 0.5) is 0 Å². The summed E-state index contributed by atoms with van der Waals surface area (Å²) in [6, 6.07) is 10.3. The summed E-state index contributed by atoms with van der Waals surface area (Å²) in [7, 11) is 0. The Balaban J connectivity index is 2.21. The van der Waals surface area contributed by atoms with Gasteiger partial charge in [0.1, 0.15) is 5.15 Å². The van der Waals surface area contributed by atoms with E-state index in [1.54, 1.807) is 0 Å². The molecule has 19 heavy (non-hydrogen) atoms. The first-order chi connectivity index (χ1) is 9.24. The first kappa shape index (κ1) is 14.3. The minimum Gasteiger partial charge on any atom is -0.299 e. The number of nitrogens with zero attached hydrogens (tertiary/aromatic N) is 2. The molecule has 3 heteroatoms. The summed E-state index contributed by atoms with van der Waals surface area (Å²) in [5.74, 6) is 0. The Kier molecular flexibility index (Phi) is 5.17. The van der Waals surface area contributed by atoms with Crippen LogP contribution in [0.5, 0.6) is 0 Å². The molecule has 0 bridgehead atoms. The van der Waals surface area contributed by atoms with Gasteiger partial charge in [-0.1, -0.05) is 50.1 Å². The van der Waals surface area contributed by atoms with Crippen LogP contribution in [0.25, 0.3) is 10.9 Å². The molecule has 2 nitrogen and oxygen atoms in total. The van der Waals surface area contributed by atoms with Crippen LogP contribution in [-0.4, -0.2) is 23.0 Å². The molecule has 0 atom stereocenters. The van der Waals surface area contributed by atoms with Gasteiger partial charge in [-0.25, -0.2) is 4.98 Å². The van der Waals surface area contributed by atoms with E-state index >= 15 is 0 Å². The van der Waals surface area contributed by atoms with Crippen LogP contribution in [0.2, 0.25) is 5.15 Å². The quantitative estimate of drug-likeness (QED) is 0.722. The average Bonchev–Trinajstić information content (AvgIpc) is 2.43. The van der Waals surface area contributed by atoms with Crippen molar-refractivity contribution in [1.82, 2.24) is 9.88 Å². The van der Waals surface area contributed by atoms with Crippen molar-refractivity contribution >= 4 is 22.5 Å². The zero-order chi connectivity index (χ0) is 13.7. The fraction of sp³-hybridized carbons (Fsp3) is 0.438. The Labute approximate surface area is 120 Å². The summed E-state index contributed by atoms with van der Waals surface area (Å²) in [5, 5.41) is 1.79. The normalized spacial score (nSPS) is 11.4. The first-order valence-corrected chi connectivity index (χ1v) is 7.39. The minimum atomic E-state index is 0.633. The molecule has 0 radical (unpaired) electrons. The lowest BCUT2D eigenvalue weighted by atomic mass is 10.1. The summed E-state index contributed by atoms with van der Waals surface area (Å²) >= 11 is 6.30. The monoisotopic (exact) mass is 276 g/mol. The third-order valence-corrected chi connectivity index (χ3v) is 3.75. The van der Waals surface area contributed by atoms with Crippen LogP contribution in [0.3, 0.4) is 0 Å². The van der Waals surface area contributed by atoms with Crippen LogP contribution in [0, 0.1) is 0 Å². The number of hydrogen-bond acceptors (Lipinski definition) is 2. The topological polar surface area (TPSA) is 16.1 Å². The van der Waals surface area contributed by atoms with E-state index < -0.39 is 0 Å². The Morgan fingerprint density at radius 1 is 1.21 bits per heavy atom. The molecule has 0 aliphatic rings. The van der Waals surface area contributed by atoms with Crippen molar-refractivity contribution in [2.45, 2.75) is 33.2 Å². The lowest BCUT2D eigenvalue weighted by Gasteiger charge is -2.20. The maximum Gasteiger partial charge on any atom is 0.134 e. The molecule has 0 aliphatic heterocycles. The lowest BCUT2D eigenvalue weighted by Crippen LogP contribution is -2.24. The molecule has 0 amide bonds. The molecule has 1 heterocycles. The Morgan fingerprint density at radius 3 is 2.74 bits per heavy atom. The van der Waals surface area contributed by atoms with Gasteiger partial charge < -0.3 is 0 Å². The predicted octanol–water partition coefficient (Wildman–Crippen LogP) is 4.51. The van der Waals surface area contributed by atoms with Crippen molar-refractivity contribution in [2.24, 2.45) is 0 Å². The molecule has 2 rings (SSSR count). The number of halogens is 1. The van der Waals surface area contributed by atoms with Crippen molar-refractivity contribution in [3.8, 4) is 0 Å². The molecular weight excluding hydrogens is 256 g/mol. The number of fused-ring (bicyclic) bond motifs is 1. The van der Waals surface area contributed by atoms with E-state index in [1.165, 1.54) is 12.8 Å². The van der Waals surface area contributed by atoms with Gasteiger partial charge in [-0.3, -0.25) is 4.90 Å². The third-order valence-electron chi connectivity index (χ3n) is 3.42. The smallest absolute Gasteiger partial charge is 0.134 e. The molecule has 2 aromatic rings. The van der Waals surface area contributed by atoms with E-state index in [9.17, 15) is 0 Å². The summed E-state index contributed by atoms with van der Waals surface area (Å²) < 4.78 is 0. The summed E-state index contributed by atoms with van der Waals surface area (Å²) in [6.45, 7) is 7.46. The second kappa shape index (κ2) is 6.88. The average molecular weight is 277 g/mol. The second-order valence-corrected chi connectivity index (χ2v) is 5.21. The van der Waals surface area contributed by atoms with Gasteiger partial charge in [0, 0.05) is 17.5 Å². The van der Waals surface area contributed by atoms with E-state index in [4.69, 9.17) is 11.6 Å². The second-order valence-electron chi connectivity index (χ2n) is 4.85.